The standard InChI is InChI=1S/C24H14Cl2N2O4/c25-23-15-8-1-2-9-16(15)24(26,18-11-4-3-10-17(18)23)20-19(23)21(29)27(22(20)30)13-6-5-7-14(12-13)28(31)32/h1-12,19-20H/t19-,20+,23?,24?. The fourth-order valence-electron chi connectivity index (χ4n) is 5.67. The molecule has 0 saturated carbocycles. The molecule has 3 aromatic carbocycles. The molecule has 6 nitrogen and oxygen atoms in total. The predicted molar refractivity (Wildman–Crippen MR) is 119 cm³/mol. The number of non-ortho nitro benzene ring substituents is 1. The molecule has 1 fully saturated rings. The lowest BCUT2D eigenvalue weighted by molar-refractivity contribution is -0.384. The third-order valence-electron chi connectivity index (χ3n) is 6.88. The molecule has 8 heteroatoms. The highest BCUT2D eigenvalue weighted by molar-refractivity contribution is 6.38. The third-order valence-corrected chi connectivity index (χ3v) is 8.17. The van der Waals surface area contributed by atoms with Gasteiger partial charge in [0.25, 0.3) is 5.69 Å². The van der Waals surface area contributed by atoms with Gasteiger partial charge < -0.3 is 0 Å². The number of alkyl halides is 2. The minimum Gasteiger partial charge on any atom is -0.274 e. The van der Waals surface area contributed by atoms with Crippen molar-refractivity contribution in [2.24, 2.45) is 11.8 Å². The van der Waals surface area contributed by atoms with Gasteiger partial charge >= 0.3 is 0 Å². The van der Waals surface area contributed by atoms with Crippen molar-refractivity contribution in [1.29, 1.82) is 0 Å². The molecule has 3 aromatic rings. The Morgan fingerprint density at radius 1 is 0.750 bits per heavy atom. The van der Waals surface area contributed by atoms with Gasteiger partial charge in [0.2, 0.25) is 11.8 Å². The Morgan fingerprint density at radius 3 is 1.59 bits per heavy atom. The fourth-order valence-corrected chi connectivity index (χ4v) is 6.77. The number of carbonyl (C=O) groups is 2. The molecule has 1 heterocycles. The number of anilines is 1. The lowest BCUT2D eigenvalue weighted by Gasteiger charge is -2.54. The van der Waals surface area contributed by atoms with Crippen LogP contribution >= 0.6 is 23.2 Å². The highest BCUT2D eigenvalue weighted by Crippen LogP contribution is 2.69. The Bertz CT molecular complexity index is 1250. The Labute approximate surface area is 192 Å². The van der Waals surface area contributed by atoms with Gasteiger partial charge in [-0.2, -0.15) is 0 Å². The van der Waals surface area contributed by atoms with Crippen molar-refractivity contribution < 1.29 is 14.5 Å². The number of amides is 2. The van der Waals surface area contributed by atoms with E-state index in [4.69, 9.17) is 23.2 Å². The molecule has 3 aliphatic carbocycles. The number of nitro benzene ring substituents is 1. The lowest BCUT2D eigenvalue weighted by atomic mass is 9.54. The molecule has 0 spiro atoms. The molecule has 0 radical (unpaired) electrons. The largest absolute Gasteiger partial charge is 0.274 e. The molecule has 2 amide bonds. The van der Waals surface area contributed by atoms with Crippen LogP contribution < -0.4 is 4.90 Å². The fraction of sp³-hybridized carbons (Fsp3) is 0.167. The van der Waals surface area contributed by atoms with Crippen molar-refractivity contribution in [2.45, 2.75) is 9.75 Å². The van der Waals surface area contributed by atoms with Crippen LogP contribution in [0, 0.1) is 22.0 Å². The zero-order valence-electron chi connectivity index (χ0n) is 16.4. The van der Waals surface area contributed by atoms with E-state index in [1.165, 1.54) is 24.3 Å². The highest BCUT2D eigenvalue weighted by atomic mass is 35.5. The van der Waals surface area contributed by atoms with Crippen LogP contribution in [0.1, 0.15) is 22.3 Å². The first-order valence-electron chi connectivity index (χ1n) is 10.0. The molecule has 1 saturated heterocycles. The van der Waals surface area contributed by atoms with E-state index in [9.17, 15) is 19.7 Å². The van der Waals surface area contributed by atoms with Crippen molar-refractivity contribution in [3.8, 4) is 0 Å². The maximum absolute atomic E-state index is 13.8. The predicted octanol–water partition coefficient (Wildman–Crippen LogP) is 4.69. The molecule has 0 N–H and O–H groups in total. The van der Waals surface area contributed by atoms with Gasteiger partial charge in [-0.3, -0.25) is 19.7 Å². The number of hydrogen-bond donors (Lipinski definition) is 0. The van der Waals surface area contributed by atoms with Crippen LogP contribution in [0.25, 0.3) is 0 Å². The smallest absolute Gasteiger partial charge is 0.271 e. The van der Waals surface area contributed by atoms with Gasteiger partial charge in [-0.05, 0) is 28.3 Å². The zero-order valence-corrected chi connectivity index (χ0v) is 17.9. The summed E-state index contributed by atoms with van der Waals surface area (Å²) >= 11 is 14.7. The quantitative estimate of drug-likeness (QED) is 0.238. The first-order valence-corrected chi connectivity index (χ1v) is 10.8. The molecule has 7 rings (SSSR count). The Morgan fingerprint density at radius 2 is 1.19 bits per heavy atom. The molecule has 4 aliphatic rings. The van der Waals surface area contributed by atoms with E-state index in [2.05, 4.69) is 0 Å². The summed E-state index contributed by atoms with van der Waals surface area (Å²) in [4.78, 5) is 36.7. The third kappa shape index (κ3) is 2.07. The normalized spacial score (nSPS) is 29.5. The van der Waals surface area contributed by atoms with E-state index >= 15 is 0 Å². The van der Waals surface area contributed by atoms with E-state index in [1.807, 2.05) is 48.5 Å². The summed E-state index contributed by atoms with van der Waals surface area (Å²) in [6.07, 6.45) is 0. The van der Waals surface area contributed by atoms with Gasteiger partial charge in [0.1, 0.15) is 9.75 Å². The Hall–Kier alpha value is -3.22. The lowest BCUT2D eigenvalue weighted by Crippen LogP contribution is -2.57. The molecule has 32 heavy (non-hydrogen) atoms. The van der Waals surface area contributed by atoms with Crippen LogP contribution in [0.2, 0.25) is 0 Å². The minimum absolute atomic E-state index is 0.136. The Kier molecular flexibility index (Phi) is 3.76. The van der Waals surface area contributed by atoms with Gasteiger partial charge in [0.15, 0.2) is 0 Å². The minimum atomic E-state index is -1.28. The van der Waals surface area contributed by atoms with Gasteiger partial charge in [-0.25, -0.2) is 4.90 Å². The monoisotopic (exact) mass is 464 g/mol. The summed E-state index contributed by atoms with van der Waals surface area (Å²) in [6, 6.07) is 20.2. The van der Waals surface area contributed by atoms with E-state index in [0.29, 0.717) is 22.3 Å². The number of carbonyl (C=O) groups excluding carboxylic acids is 2. The second-order valence-corrected chi connectivity index (χ2v) is 9.45. The summed E-state index contributed by atoms with van der Waals surface area (Å²) in [7, 11) is 0. The molecular weight excluding hydrogens is 451 g/mol. The molecule has 1 aliphatic heterocycles. The number of nitro groups is 1. The summed E-state index contributed by atoms with van der Waals surface area (Å²) in [5.41, 5.74) is 2.75. The van der Waals surface area contributed by atoms with Crippen LogP contribution in [0.3, 0.4) is 0 Å². The number of hydrogen-bond acceptors (Lipinski definition) is 4. The molecule has 0 aromatic heterocycles. The SMILES string of the molecule is O=C1[C@@H]2[C@H](C(=O)N1c1cccc([N+](=O)[O-])c1)C1(Cl)c3ccccc3C2(Cl)c2ccccc21. The van der Waals surface area contributed by atoms with Crippen molar-refractivity contribution >= 4 is 46.4 Å². The number of imide groups is 1. The topological polar surface area (TPSA) is 80.5 Å². The van der Waals surface area contributed by atoms with E-state index in [1.54, 1.807) is 0 Å². The van der Waals surface area contributed by atoms with Crippen molar-refractivity contribution in [2.75, 3.05) is 4.90 Å². The first-order chi connectivity index (χ1) is 15.3. The van der Waals surface area contributed by atoms with Crippen molar-refractivity contribution in [1.82, 2.24) is 0 Å². The van der Waals surface area contributed by atoms with Crippen LogP contribution in [0.5, 0.6) is 0 Å². The molecule has 2 bridgehead atoms. The summed E-state index contributed by atoms with van der Waals surface area (Å²) in [5.74, 6) is -2.91. The van der Waals surface area contributed by atoms with Gasteiger partial charge in [-0.15, -0.1) is 23.2 Å². The second kappa shape index (κ2) is 6.18. The molecule has 0 unspecified atom stereocenters. The molecule has 158 valence electrons. The number of rotatable bonds is 2. The van der Waals surface area contributed by atoms with Crippen LogP contribution in [0.4, 0.5) is 11.4 Å². The summed E-state index contributed by atoms with van der Waals surface area (Å²) < 4.78 is 0. The van der Waals surface area contributed by atoms with Crippen molar-refractivity contribution in [3.05, 3.63) is 105 Å². The maximum atomic E-state index is 13.8. The first kappa shape index (κ1) is 19.5. The van der Waals surface area contributed by atoms with E-state index < -0.39 is 38.3 Å². The van der Waals surface area contributed by atoms with Crippen LogP contribution in [0.15, 0.2) is 72.8 Å². The van der Waals surface area contributed by atoms with Gasteiger partial charge in [0, 0.05) is 12.1 Å². The van der Waals surface area contributed by atoms with E-state index in [0.717, 1.165) is 4.90 Å². The van der Waals surface area contributed by atoms with Gasteiger partial charge in [-0.1, -0.05) is 54.6 Å². The number of benzene rings is 3. The molecular formula is C24H14Cl2N2O4. The summed E-state index contributed by atoms with van der Waals surface area (Å²) in [6.45, 7) is 0. The zero-order chi connectivity index (χ0) is 22.4. The number of halogens is 2. The van der Waals surface area contributed by atoms with Gasteiger partial charge in [0.05, 0.1) is 22.4 Å². The van der Waals surface area contributed by atoms with Crippen molar-refractivity contribution in [3.63, 3.8) is 0 Å². The molecule has 2 atom stereocenters. The van der Waals surface area contributed by atoms with Crippen LogP contribution in [-0.4, -0.2) is 16.7 Å². The second-order valence-electron chi connectivity index (χ2n) is 8.26. The van der Waals surface area contributed by atoms with E-state index in [-0.39, 0.29) is 11.4 Å². The Balaban J connectivity index is 1.63. The average Bonchev–Trinajstić information content (AvgIpc) is 3.08. The number of nitrogens with zero attached hydrogens (tertiary/aromatic N) is 2. The summed E-state index contributed by atoms with van der Waals surface area (Å²) in [5, 5.41) is 11.3. The highest BCUT2D eigenvalue weighted by Gasteiger charge is 2.73. The van der Waals surface area contributed by atoms with Crippen LogP contribution in [-0.2, 0) is 19.3 Å². The average molecular weight is 465 g/mol. The maximum Gasteiger partial charge on any atom is 0.271 e.